The molecule has 1 aliphatic rings. The minimum Gasteiger partial charge on any atom is -0.339 e. The van der Waals surface area contributed by atoms with Crippen LogP contribution in [0.25, 0.3) is 11.1 Å². The van der Waals surface area contributed by atoms with E-state index >= 15 is 0 Å². The van der Waals surface area contributed by atoms with Crippen molar-refractivity contribution in [2.24, 2.45) is 0 Å². The molecule has 0 unspecified atom stereocenters. The van der Waals surface area contributed by atoms with E-state index in [0.29, 0.717) is 41.9 Å². The summed E-state index contributed by atoms with van der Waals surface area (Å²) >= 11 is 1.50. The van der Waals surface area contributed by atoms with Crippen LogP contribution in [0.4, 0.5) is 13.2 Å². The highest BCUT2D eigenvalue weighted by Gasteiger charge is 2.31. The lowest BCUT2D eigenvalue weighted by Crippen LogP contribution is -2.38. The smallest absolute Gasteiger partial charge is 0.339 e. The van der Waals surface area contributed by atoms with E-state index in [1.165, 1.54) is 23.5 Å². The Morgan fingerprint density at radius 2 is 1.75 bits per heavy atom. The van der Waals surface area contributed by atoms with E-state index in [0.717, 1.165) is 49.4 Å². The fraction of sp³-hybridized carbons (Fsp3) is 0.333. The maximum Gasteiger partial charge on any atom is 0.416 e. The van der Waals surface area contributed by atoms with Gasteiger partial charge in [-0.05, 0) is 55.0 Å². The zero-order valence-corrected chi connectivity index (χ0v) is 22.6. The van der Waals surface area contributed by atoms with Gasteiger partial charge >= 0.3 is 6.18 Å². The number of imidazole rings is 1. The van der Waals surface area contributed by atoms with Crippen LogP contribution in [0.2, 0.25) is 0 Å². The van der Waals surface area contributed by atoms with Gasteiger partial charge in [-0.2, -0.15) is 13.2 Å². The van der Waals surface area contributed by atoms with Gasteiger partial charge in [-0.1, -0.05) is 30.3 Å². The predicted octanol–water partition coefficient (Wildman–Crippen LogP) is 7.10. The molecule has 208 valence electrons. The molecular formula is C30H29F3N4O2S. The first-order valence-electron chi connectivity index (χ1n) is 13.3. The summed E-state index contributed by atoms with van der Waals surface area (Å²) < 4.78 is 41.0. The van der Waals surface area contributed by atoms with Gasteiger partial charge in [-0.15, -0.1) is 11.3 Å². The number of piperidine rings is 1. The quantitative estimate of drug-likeness (QED) is 0.160. The number of rotatable bonds is 9. The number of aromatic nitrogens is 3. The van der Waals surface area contributed by atoms with Crippen LogP contribution in [-0.2, 0) is 12.7 Å². The zero-order valence-electron chi connectivity index (χ0n) is 21.8. The topological polar surface area (TPSA) is 68.1 Å². The molecule has 1 fully saturated rings. The summed E-state index contributed by atoms with van der Waals surface area (Å²) in [5.74, 6) is 0.0993. The molecule has 3 heterocycles. The van der Waals surface area contributed by atoms with Crippen molar-refractivity contribution in [3.8, 4) is 11.1 Å². The Bertz CT molecular complexity index is 1440. The maximum absolute atomic E-state index is 13.4. The van der Waals surface area contributed by atoms with Crippen molar-refractivity contribution < 1.29 is 22.8 Å². The van der Waals surface area contributed by atoms with Gasteiger partial charge in [0.1, 0.15) is 5.69 Å². The van der Waals surface area contributed by atoms with Crippen molar-refractivity contribution >= 4 is 23.0 Å². The molecule has 4 aromatic rings. The van der Waals surface area contributed by atoms with Crippen LogP contribution < -0.4 is 0 Å². The van der Waals surface area contributed by atoms with Crippen LogP contribution in [0.3, 0.4) is 0 Å². The number of Topliss-reactive ketones (excluding diaryl/α,β-unsaturated/α-hetero) is 1. The largest absolute Gasteiger partial charge is 0.416 e. The summed E-state index contributed by atoms with van der Waals surface area (Å²) in [4.78, 5) is 36.5. The standard InChI is InChI=1S/C30H29F3N4O2S/c31-30(32,33)23-10-8-21(9-11-23)24-5-1-2-6-25(24)29(39)37-16-12-22(13-17-37)28-35-26(19-40-28)27(38)7-3-4-15-36-18-14-34-20-36/h1-2,5-6,8-11,14,18-20,22H,3-4,7,12-13,15-17H2. The molecule has 0 N–H and O–H groups in total. The average Bonchev–Trinajstić information content (AvgIpc) is 3.68. The Balaban J connectivity index is 1.16. The van der Waals surface area contributed by atoms with Gasteiger partial charge in [0.2, 0.25) is 0 Å². The van der Waals surface area contributed by atoms with Gasteiger partial charge < -0.3 is 9.47 Å². The summed E-state index contributed by atoms with van der Waals surface area (Å²) in [5, 5.41) is 2.77. The number of unbranched alkanes of at least 4 members (excludes halogenated alkanes) is 1. The number of carbonyl (C=O) groups is 2. The number of thiazole rings is 1. The SMILES string of the molecule is O=C(CCCCn1ccnc1)c1csc(C2CCN(C(=O)c3ccccc3-c3ccc(C(F)(F)F)cc3)CC2)n1. The minimum atomic E-state index is -4.41. The molecule has 0 saturated carbocycles. The Labute approximate surface area is 234 Å². The number of likely N-dealkylation sites (tertiary alicyclic amines) is 1. The highest BCUT2D eigenvalue weighted by Crippen LogP contribution is 2.34. The monoisotopic (exact) mass is 566 g/mol. The molecule has 6 nitrogen and oxygen atoms in total. The highest BCUT2D eigenvalue weighted by molar-refractivity contribution is 7.09. The first-order valence-corrected chi connectivity index (χ1v) is 14.2. The van der Waals surface area contributed by atoms with Crippen molar-refractivity contribution in [3.63, 3.8) is 0 Å². The van der Waals surface area contributed by atoms with Crippen LogP contribution in [0.5, 0.6) is 0 Å². The van der Waals surface area contributed by atoms with Crippen molar-refractivity contribution in [3.05, 3.63) is 94.5 Å². The number of benzene rings is 2. The molecule has 1 amide bonds. The second-order valence-electron chi connectivity index (χ2n) is 9.94. The number of halogens is 3. The second-order valence-corrected chi connectivity index (χ2v) is 10.8. The fourth-order valence-corrected chi connectivity index (χ4v) is 5.99. The maximum atomic E-state index is 13.4. The first-order chi connectivity index (χ1) is 19.3. The lowest BCUT2D eigenvalue weighted by atomic mass is 9.94. The van der Waals surface area contributed by atoms with E-state index < -0.39 is 11.7 Å². The van der Waals surface area contributed by atoms with Gasteiger partial charge in [-0.25, -0.2) is 9.97 Å². The molecule has 5 rings (SSSR count). The molecule has 0 radical (unpaired) electrons. The Hall–Kier alpha value is -3.79. The average molecular weight is 567 g/mol. The number of hydrogen-bond donors (Lipinski definition) is 0. The molecule has 0 bridgehead atoms. The van der Waals surface area contributed by atoms with Gasteiger partial charge in [0.25, 0.3) is 5.91 Å². The lowest BCUT2D eigenvalue weighted by molar-refractivity contribution is -0.137. The molecule has 0 spiro atoms. The van der Waals surface area contributed by atoms with Gasteiger partial charge in [0, 0.05) is 55.3 Å². The summed E-state index contributed by atoms with van der Waals surface area (Å²) in [5.41, 5.74) is 1.44. The highest BCUT2D eigenvalue weighted by atomic mass is 32.1. The molecule has 1 aliphatic heterocycles. The summed E-state index contributed by atoms with van der Waals surface area (Å²) in [6.07, 6.45) is 4.63. The van der Waals surface area contributed by atoms with E-state index in [1.807, 2.05) is 16.1 Å². The number of ketones is 1. The van der Waals surface area contributed by atoms with Gasteiger partial charge in [0.15, 0.2) is 5.78 Å². The third kappa shape index (κ3) is 6.50. The molecule has 40 heavy (non-hydrogen) atoms. The van der Waals surface area contributed by atoms with Crippen LogP contribution in [0, 0.1) is 0 Å². The molecule has 2 aromatic carbocycles. The van der Waals surface area contributed by atoms with E-state index in [9.17, 15) is 22.8 Å². The summed E-state index contributed by atoms with van der Waals surface area (Å²) in [6, 6.07) is 11.9. The molecule has 10 heteroatoms. The number of amides is 1. The fourth-order valence-electron chi connectivity index (χ4n) is 4.99. The van der Waals surface area contributed by atoms with Gasteiger partial charge in [-0.3, -0.25) is 9.59 Å². The van der Waals surface area contributed by atoms with Crippen LogP contribution in [0.1, 0.15) is 69.4 Å². The van der Waals surface area contributed by atoms with E-state index in [4.69, 9.17) is 0 Å². The van der Waals surface area contributed by atoms with Gasteiger partial charge in [0.05, 0.1) is 16.9 Å². The molecule has 0 atom stereocenters. The summed E-state index contributed by atoms with van der Waals surface area (Å²) in [6.45, 7) is 1.92. The predicted molar refractivity (Wildman–Crippen MR) is 147 cm³/mol. The van der Waals surface area contributed by atoms with Crippen molar-refractivity contribution in [2.75, 3.05) is 13.1 Å². The number of hydrogen-bond acceptors (Lipinski definition) is 5. The zero-order chi connectivity index (χ0) is 28.1. The van der Waals surface area contributed by atoms with Crippen molar-refractivity contribution in [2.45, 2.75) is 50.7 Å². The van der Waals surface area contributed by atoms with Crippen LogP contribution >= 0.6 is 11.3 Å². The second kappa shape index (κ2) is 12.2. The Morgan fingerprint density at radius 1 is 1.00 bits per heavy atom. The minimum absolute atomic E-state index is 0.0561. The van der Waals surface area contributed by atoms with Crippen molar-refractivity contribution in [1.29, 1.82) is 0 Å². The number of carbonyl (C=O) groups excluding carboxylic acids is 2. The molecule has 0 aliphatic carbocycles. The van der Waals surface area contributed by atoms with E-state index in [1.54, 1.807) is 41.7 Å². The van der Waals surface area contributed by atoms with E-state index in [2.05, 4.69) is 9.97 Å². The number of aryl methyl sites for hydroxylation is 1. The lowest BCUT2D eigenvalue weighted by Gasteiger charge is -2.31. The molecular weight excluding hydrogens is 537 g/mol. The van der Waals surface area contributed by atoms with Crippen molar-refractivity contribution in [1.82, 2.24) is 19.4 Å². The molecule has 2 aromatic heterocycles. The Kier molecular flexibility index (Phi) is 8.44. The number of nitrogens with zero attached hydrogens (tertiary/aromatic N) is 4. The number of alkyl halides is 3. The third-order valence-corrected chi connectivity index (χ3v) is 8.26. The summed E-state index contributed by atoms with van der Waals surface area (Å²) in [7, 11) is 0. The van der Waals surface area contributed by atoms with Crippen LogP contribution in [0.15, 0.2) is 72.6 Å². The normalized spacial score (nSPS) is 14.4. The van der Waals surface area contributed by atoms with E-state index in [-0.39, 0.29) is 17.6 Å². The Morgan fingerprint density at radius 3 is 2.45 bits per heavy atom. The first kappa shape index (κ1) is 27.8. The van der Waals surface area contributed by atoms with Crippen LogP contribution in [-0.4, -0.2) is 44.2 Å². The molecule has 1 saturated heterocycles. The third-order valence-electron chi connectivity index (χ3n) is 7.25.